The summed E-state index contributed by atoms with van der Waals surface area (Å²) in [5.74, 6) is 0.157. The maximum Gasteiger partial charge on any atom is 0.416 e. The molecule has 0 spiro atoms. The zero-order valence-corrected chi connectivity index (χ0v) is 17.7. The van der Waals surface area contributed by atoms with Crippen molar-refractivity contribution in [2.45, 2.75) is 32.0 Å². The molecule has 7 heteroatoms. The van der Waals surface area contributed by atoms with Crippen LogP contribution in [0.1, 0.15) is 28.7 Å². The van der Waals surface area contributed by atoms with Crippen molar-refractivity contribution < 1.29 is 23.1 Å². The van der Waals surface area contributed by atoms with E-state index in [9.17, 15) is 18.0 Å². The van der Waals surface area contributed by atoms with Gasteiger partial charge >= 0.3 is 6.18 Å². The second-order valence-corrected chi connectivity index (χ2v) is 8.24. The third kappa shape index (κ3) is 6.55. The summed E-state index contributed by atoms with van der Waals surface area (Å²) in [7, 11) is 1.78. The predicted molar refractivity (Wildman–Crippen MR) is 113 cm³/mol. The summed E-state index contributed by atoms with van der Waals surface area (Å²) in [4.78, 5) is 16.2. The minimum absolute atomic E-state index is 0.0235. The highest BCUT2D eigenvalue weighted by molar-refractivity contribution is 5.79. The van der Waals surface area contributed by atoms with Gasteiger partial charge in [0.05, 0.1) is 11.5 Å². The second-order valence-electron chi connectivity index (χ2n) is 8.24. The standard InChI is InChI=1S/C24H29F3N2O2/c1-28(12-3-13-30)23(31)21-16-29(17-21)15-20-10-7-18(8-11-20)6-9-19-4-2-5-22(14-19)24(25,26)27/h2,4-5,7-8,10-11,14,21,30H,3,6,9,12-13,15-17H2,1H3. The molecule has 1 N–H and O–H groups in total. The fourth-order valence-corrected chi connectivity index (χ4v) is 3.85. The molecule has 0 atom stereocenters. The highest BCUT2D eigenvalue weighted by Crippen LogP contribution is 2.29. The maximum atomic E-state index is 12.8. The summed E-state index contributed by atoms with van der Waals surface area (Å²) in [6, 6.07) is 13.6. The van der Waals surface area contributed by atoms with E-state index in [-0.39, 0.29) is 18.4 Å². The van der Waals surface area contributed by atoms with Crippen molar-refractivity contribution in [2.75, 3.05) is 33.3 Å². The van der Waals surface area contributed by atoms with Crippen molar-refractivity contribution in [3.05, 3.63) is 70.8 Å². The first-order valence-electron chi connectivity index (χ1n) is 10.6. The number of aliphatic hydroxyl groups excluding tert-OH is 1. The van der Waals surface area contributed by atoms with Gasteiger partial charge in [0.2, 0.25) is 5.91 Å². The van der Waals surface area contributed by atoms with E-state index in [2.05, 4.69) is 4.90 Å². The Balaban J connectivity index is 1.44. The van der Waals surface area contributed by atoms with Gasteiger partial charge in [-0.15, -0.1) is 0 Å². The Morgan fingerprint density at radius 3 is 2.35 bits per heavy atom. The van der Waals surface area contributed by atoms with Gasteiger partial charge in [-0.3, -0.25) is 9.69 Å². The molecule has 0 bridgehead atoms. The Kier molecular flexibility index (Phi) is 7.73. The van der Waals surface area contributed by atoms with Crippen LogP contribution < -0.4 is 0 Å². The third-order valence-electron chi connectivity index (χ3n) is 5.72. The van der Waals surface area contributed by atoms with Crippen LogP contribution in [0.2, 0.25) is 0 Å². The lowest BCUT2D eigenvalue weighted by atomic mass is 9.97. The van der Waals surface area contributed by atoms with Gasteiger partial charge < -0.3 is 10.0 Å². The Morgan fingerprint density at radius 2 is 1.71 bits per heavy atom. The molecule has 168 valence electrons. The molecule has 3 rings (SSSR count). The van der Waals surface area contributed by atoms with Gasteiger partial charge in [-0.1, -0.05) is 42.5 Å². The third-order valence-corrected chi connectivity index (χ3v) is 5.72. The van der Waals surface area contributed by atoms with Crippen LogP contribution in [0.25, 0.3) is 0 Å². The highest BCUT2D eigenvalue weighted by atomic mass is 19.4. The Labute approximate surface area is 181 Å². The number of amides is 1. The van der Waals surface area contributed by atoms with Crippen LogP contribution >= 0.6 is 0 Å². The van der Waals surface area contributed by atoms with Crippen molar-refractivity contribution >= 4 is 5.91 Å². The molecular weight excluding hydrogens is 405 g/mol. The zero-order chi connectivity index (χ0) is 22.4. The van der Waals surface area contributed by atoms with Crippen molar-refractivity contribution in [1.82, 2.24) is 9.80 Å². The number of likely N-dealkylation sites (tertiary alicyclic amines) is 1. The molecule has 0 unspecified atom stereocenters. The molecule has 0 radical (unpaired) electrons. The first-order chi connectivity index (χ1) is 14.8. The van der Waals surface area contributed by atoms with Crippen LogP contribution in [0.4, 0.5) is 13.2 Å². The molecule has 1 saturated heterocycles. The van der Waals surface area contributed by atoms with Crippen LogP contribution in [0, 0.1) is 5.92 Å². The Morgan fingerprint density at radius 1 is 1.06 bits per heavy atom. The highest BCUT2D eigenvalue weighted by Gasteiger charge is 2.34. The topological polar surface area (TPSA) is 43.8 Å². The molecule has 1 aliphatic heterocycles. The summed E-state index contributed by atoms with van der Waals surface area (Å²) >= 11 is 0. The van der Waals surface area contributed by atoms with E-state index in [1.807, 2.05) is 24.3 Å². The summed E-state index contributed by atoms with van der Waals surface area (Å²) in [6.45, 7) is 2.91. The quantitative estimate of drug-likeness (QED) is 0.654. The summed E-state index contributed by atoms with van der Waals surface area (Å²) < 4.78 is 38.5. The first-order valence-corrected chi connectivity index (χ1v) is 10.6. The smallest absolute Gasteiger partial charge is 0.396 e. The molecule has 0 saturated carbocycles. The van der Waals surface area contributed by atoms with Crippen LogP contribution in [0.5, 0.6) is 0 Å². The number of alkyl halides is 3. The van der Waals surface area contributed by atoms with E-state index in [0.29, 0.717) is 31.4 Å². The van der Waals surface area contributed by atoms with Crippen molar-refractivity contribution in [1.29, 1.82) is 0 Å². The molecule has 2 aromatic rings. The molecule has 31 heavy (non-hydrogen) atoms. The molecule has 0 aliphatic carbocycles. The van der Waals surface area contributed by atoms with Gasteiger partial charge in [0.25, 0.3) is 0 Å². The van der Waals surface area contributed by atoms with Gasteiger partial charge in [0.15, 0.2) is 0 Å². The van der Waals surface area contributed by atoms with Crippen molar-refractivity contribution in [3.8, 4) is 0 Å². The monoisotopic (exact) mass is 434 g/mol. The van der Waals surface area contributed by atoms with E-state index in [1.54, 1.807) is 18.0 Å². The van der Waals surface area contributed by atoms with E-state index >= 15 is 0 Å². The fourth-order valence-electron chi connectivity index (χ4n) is 3.85. The molecule has 1 amide bonds. The maximum absolute atomic E-state index is 12.8. The van der Waals surface area contributed by atoms with Crippen molar-refractivity contribution in [3.63, 3.8) is 0 Å². The lowest BCUT2D eigenvalue weighted by Crippen LogP contribution is -2.53. The normalized spacial score (nSPS) is 15.0. The number of aliphatic hydroxyl groups is 1. The molecule has 4 nitrogen and oxygen atoms in total. The van der Waals surface area contributed by atoms with Crippen LogP contribution in [-0.2, 0) is 30.4 Å². The van der Waals surface area contributed by atoms with E-state index < -0.39 is 11.7 Å². The van der Waals surface area contributed by atoms with Gasteiger partial charge in [-0.05, 0) is 42.0 Å². The van der Waals surface area contributed by atoms with Gasteiger partial charge in [-0.25, -0.2) is 0 Å². The van der Waals surface area contributed by atoms with Crippen LogP contribution in [-0.4, -0.2) is 54.1 Å². The number of carbonyl (C=O) groups excluding carboxylic acids is 1. The molecular formula is C24H29F3N2O2. The number of hydrogen-bond donors (Lipinski definition) is 1. The molecule has 1 fully saturated rings. The summed E-state index contributed by atoms with van der Waals surface area (Å²) in [5, 5.41) is 8.88. The summed E-state index contributed by atoms with van der Waals surface area (Å²) in [5.41, 5.74) is 2.32. The number of nitrogens with zero attached hydrogens (tertiary/aromatic N) is 2. The average Bonchev–Trinajstić information content (AvgIpc) is 2.72. The minimum Gasteiger partial charge on any atom is -0.396 e. The van der Waals surface area contributed by atoms with Crippen LogP contribution in [0.15, 0.2) is 48.5 Å². The molecule has 2 aromatic carbocycles. The number of halogens is 3. The number of carbonyl (C=O) groups is 1. The second kappa shape index (κ2) is 10.3. The Hall–Kier alpha value is -2.38. The fraction of sp³-hybridized carbons (Fsp3) is 0.458. The number of rotatable bonds is 9. The number of hydrogen-bond acceptors (Lipinski definition) is 3. The molecule has 1 aliphatic rings. The molecule has 1 heterocycles. The van der Waals surface area contributed by atoms with E-state index in [4.69, 9.17) is 5.11 Å². The first kappa shape index (κ1) is 23.3. The van der Waals surface area contributed by atoms with E-state index in [1.165, 1.54) is 12.1 Å². The van der Waals surface area contributed by atoms with Gasteiger partial charge in [-0.2, -0.15) is 13.2 Å². The van der Waals surface area contributed by atoms with Crippen LogP contribution in [0.3, 0.4) is 0 Å². The Bertz CT molecular complexity index is 862. The average molecular weight is 435 g/mol. The van der Waals surface area contributed by atoms with Crippen molar-refractivity contribution in [2.24, 2.45) is 5.92 Å². The lowest BCUT2D eigenvalue weighted by molar-refractivity contribution is -0.140. The zero-order valence-electron chi connectivity index (χ0n) is 17.7. The largest absolute Gasteiger partial charge is 0.416 e. The summed E-state index contributed by atoms with van der Waals surface area (Å²) in [6.07, 6.45) is -2.48. The SMILES string of the molecule is CN(CCCO)C(=O)C1CN(Cc2ccc(CCc3cccc(C(F)(F)F)c3)cc2)C1. The predicted octanol–water partition coefficient (Wildman–Crippen LogP) is 3.76. The van der Waals surface area contributed by atoms with Gasteiger partial charge in [0.1, 0.15) is 0 Å². The van der Waals surface area contributed by atoms with Gasteiger partial charge in [0, 0.05) is 39.8 Å². The van der Waals surface area contributed by atoms with E-state index in [0.717, 1.165) is 36.8 Å². The lowest BCUT2D eigenvalue weighted by Gasteiger charge is -2.40. The number of benzene rings is 2. The number of aryl methyl sites for hydroxylation is 2. The molecule has 0 aromatic heterocycles. The minimum atomic E-state index is -4.31.